The van der Waals surface area contributed by atoms with Crippen LogP contribution in [-0.4, -0.2) is 37.1 Å². The lowest BCUT2D eigenvalue weighted by Gasteiger charge is -2.30. The molecule has 0 fully saturated rings. The molecule has 0 saturated carbocycles. The van der Waals surface area contributed by atoms with Crippen LogP contribution in [0.15, 0.2) is 47.4 Å². The zero-order valence-corrected chi connectivity index (χ0v) is 23.0. The van der Waals surface area contributed by atoms with Gasteiger partial charge >= 0.3 is 0 Å². The molecule has 1 aromatic heterocycles. The van der Waals surface area contributed by atoms with Gasteiger partial charge in [-0.05, 0) is 45.7 Å². The summed E-state index contributed by atoms with van der Waals surface area (Å²) in [6.45, 7) is 9.98. The van der Waals surface area contributed by atoms with E-state index in [0.717, 1.165) is 16.9 Å². The Bertz CT molecular complexity index is 1680. The van der Waals surface area contributed by atoms with E-state index >= 15 is 0 Å². The summed E-state index contributed by atoms with van der Waals surface area (Å²) < 4.78 is 7.84. The summed E-state index contributed by atoms with van der Waals surface area (Å²) in [6, 6.07) is 7.46. The van der Waals surface area contributed by atoms with Crippen LogP contribution in [0.25, 0.3) is 11.0 Å². The lowest BCUT2D eigenvalue weighted by molar-refractivity contribution is -0.123. The quantitative estimate of drug-likeness (QED) is 0.251. The third-order valence-corrected chi connectivity index (χ3v) is 7.90. The van der Waals surface area contributed by atoms with Crippen molar-refractivity contribution < 1.29 is 29.3 Å². The van der Waals surface area contributed by atoms with Gasteiger partial charge < -0.3 is 24.8 Å². The number of allylic oxidation sites excluding steroid dienone is 4. The number of para-hydroxylation sites is 2. The van der Waals surface area contributed by atoms with Crippen molar-refractivity contribution in [1.82, 2.24) is 14.9 Å². The van der Waals surface area contributed by atoms with Crippen LogP contribution < -0.4 is 10.1 Å². The van der Waals surface area contributed by atoms with Gasteiger partial charge in [-0.2, -0.15) is 0 Å². The van der Waals surface area contributed by atoms with Crippen molar-refractivity contribution in [3.63, 3.8) is 0 Å². The molecule has 1 aliphatic heterocycles. The van der Waals surface area contributed by atoms with E-state index in [2.05, 4.69) is 5.32 Å². The molecule has 3 N–H and O–H groups in total. The first-order valence-corrected chi connectivity index (χ1v) is 12.8. The number of carbonyl (C=O) groups excluding carboxylic acids is 3. The first-order chi connectivity index (χ1) is 18.3. The minimum absolute atomic E-state index is 0.00242. The molecule has 202 valence electrons. The van der Waals surface area contributed by atoms with Crippen molar-refractivity contribution in [1.29, 1.82) is 0 Å². The van der Waals surface area contributed by atoms with Gasteiger partial charge in [-0.25, -0.2) is 4.98 Å². The highest BCUT2D eigenvalue weighted by Gasteiger charge is 2.56. The smallest absolute Gasteiger partial charge is 0.194 e. The summed E-state index contributed by atoms with van der Waals surface area (Å²) >= 11 is 0. The van der Waals surface area contributed by atoms with Gasteiger partial charge in [0.25, 0.3) is 0 Å². The zero-order valence-electron chi connectivity index (χ0n) is 23.0. The molecule has 0 radical (unpaired) electrons. The Balaban J connectivity index is 1.64. The predicted octanol–water partition coefficient (Wildman–Crippen LogP) is 4.44. The number of benzene rings is 2. The van der Waals surface area contributed by atoms with Crippen molar-refractivity contribution >= 4 is 28.4 Å². The number of ether oxygens (including phenoxy) is 1. The lowest BCUT2D eigenvalue weighted by atomic mass is 9.70. The molecular weight excluding hydrogens is 498 g/mol. The zero-order chi connectivity index (χ0) is 28.5. The van der Waals surface area contributed by atoms with Crippen molar-refractivity contribution in [3.8, 4) is 17.2 Å². The largest absolute Gasteiger partial charge is 0.507 e. The Labute approximate surface area is 225 Å². The Morgan fingerprint density at radius 3 is 2.41 bits per heavy atom. The summed E-state index contributed by atoms with van der Waals surface area (Å²) in [5, 5.41) is 25.0. The van der Waals surface area contributed by atoms with Crippen LogP contribution >= 0.6 is 0 Å². The van der Waals surface area contributed by atoms with E-state index in [0.29, 0.717) is 5.70 Å². The minimum atomic E-state index is -1.57. The van der Waals surface area contributed by atoms with Crippen LogP contribution in [0.3, 0.4) is 0 Å². The highest BCUT2D eigenvalue weighted by Crippen LogP contribution is 2.57. The molecule has 2 heterocycles. The van der Waals surface area contributed by atoms with Crippen LogP contribution in [-0.2, 0) is 22.1 Å². The highest BCUT2D eigenvalue weighted by atomic mass is 16.5. The number of Topliss-reactive ketones (excluding diaryl/α,β-unsaturated/α-hetero) is 2. The number of phenolic OH excluding ortho intramolecular Hbond substituents is 2. The topological polar surface area (TPSA) is 131 Å². The van der Waals surface area contributed by atoms with Crippen LogP contribution in [0, 0.1) is 12.8 Å². The maximum Gasteiger partial charge on any atom is 0.194 e. The van der Waals surface area contributed by atoms with Crippen molar-refractivity contribution in [2.45, 2.75) is 53.0 Å². The molecule has 5 rings (SSSR count). The van der Waals surface area contributed by atoms with Crippen molar-refractivity contribution in [3.05, 3.63) is 69.9 Å². The second-order valence-electron chi connectivity index (χ2n) is 10.8. The molecule has 9 nitrogen and oxygen atoms in total. The fourth-order valence-corrected chi connectivity index (χ4v) is 5.64. The average Bonchev–Trinajstić information content (AvgIpc) is 3.35. The third-order valence-electron chi connectivity index (χ3n) is 7.90. The van der Waals surface area contributed by atoms with E-state index in [1.165, 1.54) is 19.9 Å². The monoisotopic (exact) mass is 529 g/mol. The van der Waals surface area contributed by atoms with Gasteiger partial charge in [0, 0.05) is 24.4 Å². The molecule has 0 unspecified atom stereocenters. The first-order valence-electron chi connectivity index (χ1n) is 12.8. The molecule has 2 aliphatic rings. The normalized spacial score (nSPS) is 20.5. The van der Waals surface area contributed by atoms with E-state index in [9.17, 15) is 24.6 Å². The summed E-state index contributed by atoms with van der Waals surface area (Å²) in [4.78, 5) is 44.7. The molecule has 0 spiro atoms. The fourth-order valence-electron chi connectivity index (χ4n) is 5.64. The fraction of sp³-hybridized carbons (Fsp3) is 0.333. The number of hydrogen-bond acceptors (Lipinski definition) is 8. The van der Waals surface area contributed by atoms with Crippen LogP contribution in [0.2, 0.25) is 0 Å². The number of rotatable bonds is 5. The summed E-state index contributed by atoms with van der Waals surface area (Å²) in [5.41, 5.74) is 0.500. The molecule has 39 heavy (non-hydrogen) atoms. The predicted molar refractivity (Wildman–Crippen MR) is 145 cm³/mol. The van der Waals surface area contributed by atoms with E-state index in [1.54, 1.807) is 13.8 Å². The Hall–Kier alpha value is -4.40. The number of hydrogen-bond donors (Lipinski definition) is 3. The average molecular weight is 530 g/mol. The Kier molecular flexibility index (Phi) is 5.93. The minimum Gasteiger partial charge on any atom is -0.507 e. The molecule has 0 saturated heterocycles. The van der Waals surface area contributed by atoms with Crippen LogP contribution in [0.5, 0.6) is 17.2 Å². The second-order valence-corrected chi connectivity index (χ2v) is 10.8. The number of aryl methyl sites for hydroxylation is 1. The maximum atomic E-state index is 14.1. The molecule has 0 amide bonds. The maximum absolute atomic E-state index is 14.1. The third kappa shape index (κ3) is 3.60. The number of aromatic hydroxyl groups is 2. The Morgan fingerprint density at radius 2 is 1.79 bits per heavy atom. The number of aromatic nitrogens is 2. The van der Waals surface area contributed by atoms with Gasteiger partial charge in [-0.15, -0.1) is 0 Å². The van der Waals surface area contributed by atoms with Gasteiger partial charge in [0.2, 0.25) is 0 Å². The number of fused-ring (bicyclic) bond motifs is 4. The molecule has 2 atom stereocenters. The molecule has 9 heteroatoms. The van der Waals surface area contributed by atoms with Crippen molar-refractivity contribution in [2.75, 3.05) is 0 Å². The molecule has 2 aromatic carbocycles. The van der Waals surface area contributed by atoms with Crippen LogP contribution in [0.4, 0.5) is 0 Å². The van der Waals surface area contributed by atoms with E-state index in [4.69, 9.17) is 9.72 Å². The molecular formula is C30H31N3O6. The number of phenols is 2. The highest BCUT2D eigenvalue weighted by molar-refractivity contribution is 6.31. The number of ketones is 3. The number of carbonyl (C=O) groups is 3. The number of nitrogens with one attached hydrogen (secondary N) is 1. The first kappa shape index (κ1) is 26.2. The van der Waals surface area contributed by atoms with Gasteiger partial charge in [0.1, 0.15) is 39.8 Å². The molecule has 1 aliphatic carbocycles. The standard InChI is InChI=1S/C30H31N3O6/c1-13(2)24(29-32-17-10-8-9-11-18(17)33(29)7)31-15(4)21-19(35)12-20-30(6,28(21)38)23-26(37)14(3)25(36)22(16(5)34)27(23)39-20/h8-13,24,31,36-37H,1-7H3/t24-,30-/m0/s1. The number of nitrogens with zero attached hydrogens (tertiary/aromatic N) is 2. The second kappa shape index (κ2) is 8.83. The molecule has 3 aromatic rings. The van der Waals surface area contributed by atoms with Crippen LogP contribution in [0.1, 0.15) is 68.0 Å². The van der Waals surface area contributed by atoms with E-state index < -0.39 is 28.5 Å². The Morgan fingerprint density at radius 1 is 1.13 bits per heavy atom. The summed E-state index contributed by atoms with van der Waals surface area (Å²) in [5.74, 6) is -1.69. The van der Waals surface area contributed by atoms with Crippen molar-refractivity contribution in [2.24, 2.45) is 13.0 Å². The van der Waals surface area contributed by atoms with E-state index in [-0.39, 0.29) is 51.5 Å². The summed E-state index contributed by atoms with van der Waals surface area (Å²) in [6.07, 6.45) is 1.22. The van der Waals surface area contributed by atoms with Gasteiger partial charge in [0.15, 0.2) is 17.3 Å². The van der Waals surface area contributed by atoms with Gasteiger partial charge in [-0.1, -0.05) is 26.0 Å². The molecule has 0 bridgehead atoms. The van der Waals surface area contributed by atoms with Gasteiger partial charge in [0.05, 0.1) is 28.2 Å². The lowest BCUT2D eigenvalue weighted by Crippen LogP contribution is -2.41. The number of imidazole rings is 1. The van der Waals surface area contributed by atoms with Gasteiger partial charge in [-0.3, -0.25) is 14.4 Å². The SMILES string of the molecule is CC(=O)c1c(O)c(C)c(O)c2c1OC1=CC(=O)C(=C(C)N[C@H](c3nc4ccccc4n3C)C(C)C)C(=O)[C@@]12C. The van der Waals surface area contributed by atoms with E-state index in [1.807, 2.05) is 49.7 Å². The summed E-state index contributed by atoms with van der Waals surface area (Å²) in [7, 11) is 1.93.